The minimum absolute atomic E-state index is 0.0203. The normalized spacial score (nSPS) is 22.3. The second kappa shape index (κ2) is 6.86. The second-order valence-corrected chi connectivity index (χ2v) is 6.73. The fraction of sp³-hybridized carbons (Fsp3) is 0.875. The first-order valence-electron chi connectivity index (χ1n) is 8.43. The molecule has 2 rings (SSSR count). The zero-order valence-electron chi connectivity index (χ0n) is 14.0. The summed E-state index contributed by atoms with van der Waals surface area (Å²) in [6.45, 7) is 8.68. The van der Waals surface area contributed by atoms with E-state index in [1.807, 2.05) is 4.90 Å². The number of ether oxygens (including phenoxy) is 1. The maximum absolute atomic E-state index is 12.1. The molecule has 2 saturated heterocycles. The smallest absolute Gasteiger partial charge is 0.410 e. The predicted molar refractivity (Wildman–Crippen MR) is 84.3 cm³/mol. The molecule has 0 aromatic carbocycles. The number of carbonyl (C=O) groups is 2. The molecule has 2 amide bonds. The SMILES string of the molecule is CCC(CC)CN1CC2(CCN(C(=O)[C@@H](C)N)CC2)OC1=O. The number of hydrogen-bond donors (Lipinski definition) is 1. The van der Waals surface area contributed by atoms with Gasteiger partial charge in [-0.25, -0.2) is 4.79 Å². The maximum Gasteiger partial charge on any atom is 0.410 e. The van der Waals surface area contributed by atoms with Crippen LogP contribution in [-0.2, 0) is 9.53 Å². The molecular formula is C16H29N3O3. The number of nitrogens with zero attached hydrogens (tertiary/aromatic N) is 2. The number of carbonyl (C=O) groups excluding carboxylic acids is 2. The van der Waals surface area contributed by atoms with Gasteiger partial charge in [-0.1, -0.05) is 26.7 Å². The number of hydrogen-bond acceptors (Lipinski definition) is 4. The molecule has 0 unspecified atom stereocenters. The van der Waals surface area contributed by atoms with Crippen LogP contribution in [0.1, 0.15) is 46.5 Å². The lowest BCUT2D eigenvalue weighted by Gasteiger charge is -2.38. The van der Waals surface area contributed by atoms with Gasteiger partial charge in [0.2, 0.25) is 5.91 Å². The number of rotatable bonds is 5. The highest BCUT2D eigenvalue weighted by Crippen LogP contribution is 2.34. The van der Waals surface area contributed by atoms with Crippen molar-refractivity contribution in [2.75, 3.05) is 26.2 Å². The standard InChI is InChI=1S/C16H29N3O3/c1-4-13(5-2)10-19-11-16(22-15(19)21)6-8-18(9-7-16)14(20)12(3)17/h12-13H,4-11,17H2,1-3H3/t12-/m1/s1. The zero-order chi connectivity index (χ0) is 16.3. The van der Waals surface area contributed by atoms with Crippen LogP contribution in [0.5, 0.6) is 0 Å². The Morgan fingerprint density at radius 3 is 2.41 bits per heavy atom. The van der Waals surface area contributed by atoms with Crippen LogP contribution in [-0.4, -0.2) is 59.6 Å². The molecule has 6 heteroatoms. The van der Waals surface area contributed by atoms with Crippen LogP contribution in [0, 0.1) is 5.92 Å². The van der Waals surface area contributed by atoms with Crippen molar-refractivity contribution in [2.24, 2.45) is 11.7 Å². The summed E-state index contributed by atoms with van der Waals surface area (Å²) in [6.07, 6.45) is 3.36. The van der Waals surface area contributed by atoms with Gasteiger partial charge in [-0.2, -0.15) is 0 Å². The van der Waals surface area contributed by atoms with Crippen LogP contribution in [0.2, 0.25) is 0 Å². The minimum Gasteiger partial charge on any atom is -0.441 e. The predicted octanol–water partition coefficient (Wildman–Crippen LogP) is 1.58. The van der Waals surface area contributed by atoms with Gasteiger partial charge < -0.3 is 20.3 Å². The summed E-state index contributed by atoms with van der Waals surface area (Å²) in [4.78, 5) is 27.7. The van der Waals surface area contributed by atoms with Crippen molar-refractivity contribution in [3.05, 3.63) is 0 Å². The molecule has 22 heavy (non-hydrogen) atoms. The first-order chi connectivity index (χ1) is 10.4. The molecule has 126 valence electrons. The highest BCUT2D eigenvalue weighted by atomic mass is 16.6. The van der Waals surface area contributed by atoms with E-state index in [0.29, 0.717) is 38.4 Å². The molecule has 6 nitrogen and oxygen atoms in total. The van der Waals surface area contributed by atoms with E-state index < -0.39 is 11.6 Å². The average molecular weight is 311 g/mol. The third-order valence-corrected chi connectivity index (χ3v) is 5.05. The van der Waals surface area contributed by atoms with Crippen LogP contribution in [0.3, 0.4) is 0 Å². The molecule has 0 bridgehead atoms. The van der Waals surface area contributed by atoms with Gasteiger partial charge in [-0.15, -0.1) is 0 Å². The average Bonchev–Trinajstić information content (AvgIpc) is 2.80. The second-order valence-electron chi connectivity index (χ2n) is 6.73. The number of nitrogens with two attached hydrogens (primary N) is 1. The lowest BCUT2D eigenvalue weighted by atomic mass is 9.90. The Kier molecular flexibility index (Phi) is 5.32. The van der Waals surface area contributed by atoms with E-state index in [-0.39, 0.29) is 12.0 Å². The third kappa shape index (κ3) is 3.54. The molecule has 2 aliphatic heterocycles. The summed E-state index contributed by atoms with van der Waals surface area (Å²) in [7, 11) is 0. The van der Waals surface area contributed by atoms with Crippen molar-refractivity contribution in [3.63, 3.8) is 0 Å². The van der Waals surface area contributed by atoms with Crippen LogP contribution in [0.4, 0.5) is 4.79 Å². The lowest BCUT2D eigenvalue weighted by Crippen LogP contribution is -2.52. The Hall–Kier alpha value is -1.30. The summed E-state index contributed by atoms with van der Waals surface area (Å²) in [5, 5.41) is 0. The van der Waals surface area contributed by atoms with E-state index in [9.17, 15) is 9.59 Å². The maximum atomic E-state index is 12.1. The van der Waals surface area contributed by atoms with Crippen molar-refractivity contribution in [3.8, 4) is 0 Å². The van der Waals surface area contributed by atoms with Gasteiger partial charge in [0.1, 0.15) is 5.60 Å². The minimum atomic E-state index is -0.466. The topological polar surface area (TPSA) is 75.9 Å². The molecule has 2 fully saturated rings. The van der Waals surface area contributed by atoms with E-state index >= 15 is 0 Å². The van der Waals surface area contributed by atoms with Crippen LogP contribution in [0.25, 0.3) is 0 Å². The first-order valence-corrected chi connectivity index (χ1v) is 8.43. The highest BCUT2D eigenvalue weighted by molar-refractivity contribution is 5.81. The molecular weight excluding hydrogens is 282 g/mol. The van der Waals surface area contributed by atoms with Gasteiger partial charge in [-0.05, 0) is 12.8 Å². The van der Waals surface area contributed by atoms with E-state index in [4.69, 9.17) is 10.5 Å². The van der Waals surface area contributed by atoms with Crippen molar-refractivity contribution < 1.29 is 14.3 Å². The lowest BCUT2D eigenvalue weighted by molar-refractivity contribution is -0.135. The van der Waals surface area contributed by atoms with Gasteiger partial charge >= 0.3 is 6.09 Å². The van der Waals surface area contributed by atoms with Crippen LogP contribution in [0.15, 0.2) is 0 Å². The number of likely N-dealkylation sites (tertiary alicyclic amines) is 1. The number of amides is 2. The molecule has 1 atom stereocenters. The summed E-state index contributed by atoms with van der Waals surface area (Å²) >= 11 is 0. The molecule has 2 N–H and O–H groups in total. The molecule has 0 saturated carbocycles. The summed E-state index contributed by atoms with van der Waals surface area (Å²) < 4.78 is 5.70. The van der Waals surface area contributed by atoms with Crippen LogP contribution < -0.4 is 5.73 Å². The van der Waals surface area contributed by atoms with E-state index in [2.05, 4.69) is 13.8 Å². The van der Waals surface area contributed by atoms with Gasteiger partial charge in [0.05, 0.1) is 12.6 Å². The number of piperidine rings is 1. The van der Waals surface area contributed by atoms with E-state index in [1.54, 1.807) is 11.8 Å². The van der Waals surface area contributed by atoms with E-state index in [1.165, 1.54) is 0 Å². The van der Waals surface area contributed by atoms with Gasteiger partial charge in [0.15, 0.2) is 0 Å². The fourth-order valence-corrected chi connectivity index (χ4v) is 3.37. The van der Waals surface area contributed by atoms with Gasteiger partial charge in [0.25, 0.3) is 0 Å². The van der Waals surface area contributed by atoms with Gasteiger partial charge in [-0.3, -0.25) is 4.79 Å². The molecule has 1 spiro atoms. The quantitative estimate of drug-likeness (QED) is 0.836. The molecule has 2 heterocycles. The molecule has 0 aromatic heterocycles. The van der Waals surface area contributed by atoms with Crippen molar-refractivity contribution in [1.29, 1.82) is 0 Å². The third-order valence-electron chi connectivity index (χ3n) is 5.05. The molecule has 0 radical (unpaired) electrons. The fourth-order valence-electron chi connectivity index (χ4n) is 3.37. The monoisotopic (exact) mass is 311 g/mol. The molecule has 0 aromatic rings. The summed E-state index contributed by atoms with van der Waals surface area (Å²) in [5.74, 6) is 0.510. The Balaban J connectivity index is 1.92. The van der Waals surface area contributed by atoms with Gasteiger partial charge in [0, 0.05) is 32.5 Å². The Bertz CT molecular complexity index is 413. The largest absolute Gasteiger partial charge is 0.441 e. The highest BCUT2D eigenvalue weighted by Gasteiger charge is 2.47. The van der Waals surface area contributed by atoms with Crippen molar-refractivity contribution in [1.82, 2.24) is 9.80 Å². The van der Waals surface area contributed by atoms with Crippen molar-refractivity contribution >= 4 is 12.0 Å². The van der Waals surface area contributed by atoms with E-state index in [0.717, 1.165) is 19.4 Å². The molecule has 2 aliphatic rings. The first kappa shape index (κ1) is 17.1. The Morgan fingerprint density at radius 1 is 1.32 bits per heavy atom. The van der Waals surface area contributed by atoms with Crippen LogP contribution >= 0.6 is 0 Å². The Labute approximate surface area is 132 Å². The van der Waals surface area contributed by atoms with Crippen molar-refractivity contribution in [2.45, 2.75) is 58.1 Å². The molecule has 0 aliphatic carbocycles. The summed E-state index contributed by atoms with van der Waals surface area (Å²) in [5.41, 5.74) is 5.25. The Morgan fingerprint density at radius 2 is 1.91 bits per heavy atom. The zero-order valence-corrected chi connectivity index (χ0v) is 14.0. The summed E-state index contributed by atoms with van der Waals surface area (Å²) in [6, 6.07) is -0.466.